The van der Waals surface area contributed by atoms with Gasteiger partial charge in [-0.15, -0.1) is 0 Å². The maximum atomic E-state index is 13.8. The fraction of sp³-hybridized carbons (Fsp3) is 0.133. The van der Waals surface area contributed by atoms with Crippen LogP contribution in [0.15, 0.2) is 39.7 Å². The fourth-order valence-electron chi connectivity index (χ4n) is 2.00. The molecule has 0 saturated carbocycles. The van der Waals surface area contributed by atoms with E-state index < -0.39 is 21.8 Å². The van der Waals surface area contributed by atoms with Crippen molar-refractivity contribution in [1.82, 2.24) is 0 Å². The summed E-state index contributed by atoms with van der Waals surface area (Å²) in [5.41, 5.74) is 0.359. The Labute approximate surface area is 141 Å². The first-order valence-electron chi connectivity index (χ1n) is 6.42. The minimum absolute atomic E-state index is 0.232. The summed E-state index contributed by atoms with van der Waals surface area (Å²) in [6.45, 7) is 3.13. The van der Waals surface area contributed by atoms with Crippen LogP contribution < -0.4 is 9.83 Å². The standard InChI is InChI=1S/C15H13BrFNO4S/c1-8-5-10(15(19)20)6-14(9(8)2)23(21,22)18-13-4-3-11(16)7-12(13)17/h3-7,18H,1-2H3,(H,19,20)/p-1. The van der Waals surface area contributed by atoms with Gasteiger partial charge in [-0.2, -0.15) is 0 Å². The van der Waals surface area contributed by atoms with E-state index in [1.54, 1.807) is 13.8 Å². The average Bonchev–Trinajstić information content (AvgIpc) is 2.44. The molecule has 1 N–H and O–H groups in total. The molecule has 0 unspecified atom stereocenters. The van der Waals surface area contributed by atoms with Crippen molar-refractivity contribution in [3.05, 3.63) is 57.3 Å². The van der Waals surface area contributed by atoms with Crippen molar-refractivity contribution in [1.29, 1.82) is 0 Å². The lowest BCUT2D eigenvalue weighted by molar-refractivity contribution is -0.255. The lowest BCUT2D eigenvalue weighted by Gasteiger charge is -2.15. The average molecular weight is 401 g/mol. The van der Waals surface area contributed by atoms with Crippen LogP contribution in [0.1, 0.15) is 21.5 Å². The van der Waals surface area contributed by atoms with Crippen LogP contribution in [0.4, 0.5) is 10.1 Å². The molecule has 0 saturated heterocycles. The van der Waals surface area contributed by atoms with Crippen molar-refractivity contribution in [2.75, 3.05) is 4.72 Å². The van der Waals surface area contributed by atoms with E-state index in [4.69, 9.17) is 0 Å². The number of aromatic carboxylic acids is 1. The molecule has 0 amide bonds. The van der Waals surface area contributed by atoms with E-state index in [1.807, 2.05) is 0 Å². The number of carbonyl (C=O) groups is 1. The van der Waals surface area contributed by atoms with Gasteiger partial charge in [-0.25, -0.2) is 12.8 Å². The second-order valence-electron chi connectivity index (χ2n) is 4.93. The zero-order valence-corrected chi connectivity index (χ0v) is 14.6. The van der Waals surface area contributed by atoms with Crippen molar-refractivity contribution in [2.45, 2.75) is 18.7 Å². The number of hydrogen-bond acceptors (Lipinski definition) is 4. The molecular weight excluding hydrogens is 389 g/mol. The second kappa shape index (κ2) is 6.29. The quantitative estimate of drug-likeness (QED) is 0.853. The number of benzene rings is 2. The first-order chi connectivity index (χ1) is 10.6. The first-order valence-corrected chi connectivity index (χ1v) is 8.70. The van der Waals surface area contributed by atoms with Gasteiger partial charge < -0.3 is 9.90 Å². The van der Waals surface area contributed by atoms with Crippen LogP contribution in [0.3, 0.4) is 0 Å². The molecule has 2 rings (SSSR count). The highest BCUT2D eigenvalue weighted by Gasteiger charge is 2.21. The number of carboxylic acid groups (broad SMARTS) is 1. The second-order valence-corrected chi connectivity index (χ2v) is 7.50. The van der Waals surface area contributed by atoms with Crippen LogP contribution in [0, 0.1) is 19.7 Å². The topological polar surface area (TPSA) is 86.3 Å². The molecule has 0 atom stereocenters. The molecule has 0 aromatic heterocycles. The number of carbonyl (C=O) groups excluding carboxylic acids is 1. The summed E-state index contributed by atoms with van der Waals surface area (Å²) in [7, 11) is -4.15. The molecule has 0 heterocycles. The Morgan fingerprint density at radius 3 is 2.43 bits per heavy atom. The number of anilines is 1. The molecule has 0 radical (unpaired) electrons. The molecule has 0 aliphatic carbocycles. The summed E-state index contributed by atoms with van der Waals surface area (Å²) < 4.78 is 41.4. The molecule has 5 nitrogen and oxygen atoms in total. The molecule has 0 spiro atoms. The Balaban J connectivity index is 2.53. The maximum absolute atomic E-state index is 13.8. The van der Waals surface area contributed by atoms with Crippen LogP contribution in [-0.2, 0) is 10.0 Å². The molecule has 0 bridgehead atoms. The molecule has 0 aliphatic heterocycles. The minimum Gasteiger partial charge on any atom is -0.545 e. The fourth-order valence-corrected chi connectivity index (χ4v) is 3.74. The number of carboxylic acids is 1. The predicted octanol–water partition coefficient (Wildman–Crippen LogP) is 2.37. The number of sulfonamides is 1. The number of halogens is 2. The minimum atomic E-state index is -4.15. The molecule has 8 heteroatoms. The third-order valence-corrected chi connectivity index (χ3v) is 5.31. The van der Waals surface area contributed by atoms with Gasteiger partial charge in [0.1, 0.15) is 5.82 Å². The van der Waals surface area contributed by atoms with E-state index in [2.05, 4.69) is 20.7 Å². The van der Waals surface area contributed by atoms with E-state index in [0.717, 1.165) is 12.1 Å². The zero-order valence-electron chi connectivity index (χ0n) is 12.2. The van der Waals surface area contributed by atoms with Gasteiger partial charge in [-0.1, -0.05) is 15.9 Å². The third-order valence-electron chi connectivity index (χ3n) is 3.32. The van der Waals surface area contributed by atoms with Crippen LogP contribution >= 0.6 is 15.9 Å². The van der Waals surface area contributed by atoms with Gasteiger partial charge in [-0.05, 0) is 60.9 Å². The normalized spacial score (nSPS) is 11.3. The first kappa shape index (κ1) is 17.4. The summed E-state index contributed by atoms with van der Waals surface area (Å²) in [6, 6.07) is 6.19. The summed E-state index contributed by atoms with van der Waals surface area (Å²) in [4.78, 5) is 10.8. The summed E-state index contributed by atoms with van der Waals surface area (Å²) in [5.74, 6) is -2.24. The van der Waals surface area contributed by atoms with Crippen LogP contribution in [0.25, 0.3) is 0 Å². The highest BCUT2D eigenvalue weighted by Crippen LogP contribution is 2.26. The van der Waals surface area contributed by atoms with Gasteiger partial charge in [0.05, 0.1) is 16.6 Å². The molecule has 0 fully saturated rings. The van der Waals surface area contributed by atoms with E-state index in [-0.39, 0.29) is 16.1 Å². The van der Waals surface area contributed by atoms with E-state index in [0.29, 0.717) is 15.6 Å². The van der Waals surface area contributed by atoms with Gasteiger partial charge >= 0.3 is 0 Å². The Kier molecular flexibility index (Phi) is 4.76. The number of nitrogens with one attached hydrogen (secondary N) is 1. The predicted molar refractivity (Wildman–Crippen MR) is 85.2 cm³/mol. The van der Waals surface area contributed by atoms with Crippen molar-refractivity contribution in [2.24, 2.45) is 0 Å². The molecule has 122 valence electrons. The summed E-state index contributed by atoms with van der Waals surface area (Å²) in [5, 5.41) is 11.0. The van der Waals surface area contributed by atoms with Gasteiger partial charge in [-0.3, -0.25) is 4.72 Å². The molecule has 23 heavy (non-hydrogen) atoms. The lowest BCUT2D eigenvalue weighted by Crippen LogP contribution is -2.24. The molecular formula is C15H12BrFNO4S-. The Bertz CT molecular complexity index is 897. The van der Waals surface area contributed by atoms with Crippen molar-refractivity contribution in [3.8, 4) is 0 Å². The smallest absolute Gasteiger partial charge is 0.262 e. The van der Waals surface area contributed by atoms with Crippen LogP contribution in [0.2, 0.25) is 0 Å². The molecule has 2 aromatic rings. The highest BCUT2D eigenvalue weighted by molar-refractivity contribution is 9.10. The zero-order chi connectivity index (χ0) is 17.4. The summed E-state index contributed by atoms with van der Waals surface area (Å²) >= 11 is 3.08. The van der Waals surface area contributed by atoms with E-state index >= 15 is 0 Å². The van der Waals surface area contributed by atoms with E-state index in [1.165, 1.54) is 18.2 Å². The van der Waals surface area contributed by atoms with Crippen molar-refractivity contribution >= 4 is 37.6 Å². The van der Waals surface area contributed by atoms with Crippen LogP contribution in [0.5, 0.6) is 0 Å². The SMILES string of the molecule is Cc1cc(C(=O)[O-])cc(S(=O)(=O)Nc2ccc(Br)cc2F)c1C. The Morgan fingerprint density at radius 2 is 1.87 bits per heavy atom. The highest BCUT2D eigenvalue weighted by atomic mass is 79.9. The van der Waals surface area contributed by atoms with Gasteiger partial charge in [0.15, 0.2) is 0 Å². The van der Waals surface area contributed by atoms with Crippen molar-refractivity contribution < 1.29 is 22.7 Å². The maximum Gasteiger partial charge on any atom is 0.262 e. The molecule has 2 aromatic carbocycles. The lowest BCUT2D eigenvalue weighted by atomic mass is 10.1. The summed E-state index contributed by atoms with van der Waals surface area (Å²) in [6.07, 6.45) is 0. The van der Waals surface area contributed by atoms with Gasteiger partial charge in [0.25, 0.3) is 10.0 Å². The van der Waals surface area contributed by atoms with Gasteiger partial charge in [0.2, 0.25) is 0 Å². The largest absolute Gasteiger partial charge is 0.545 e. The van der Waals surface area contributed by atoms with Crippen molar-refractivity contribution in [3.63, 3.8) is 0 Å². The number of rotatable bonds is 4. The Morgan fingerprint density at radius 1 is 1.22 bits per heavy atom. The van der Waals surface area contributed by atoms with Gasteiger partial charge in [0, 0.05) is 4.47 Å². The van der Waals surface area contributed by atoms with E-state index in [9.17, 15) is 22.7 Å². The van der Waals surface area contributed by atoms with Crippen LogP contribution in [-0.4, -0.2) is 14.4 Å². The number of aryl methyl sites for hydroxylation is 1. The Hall–Kier alpha value is -1.93. The third kappa shape index (κ3) is 3.70. The number of hydrogen-bond donors (Lipinski definition) is 1. The molecule has 0 aliphatic rings. The monoisotopic (exact) mass is 400 g/mol.